The lowest BCUT2D eigenvalue weighted by molar-refractivity contribution is -0.134. The fourth-order valence-electron chi connectivity index (χ4n) is 1.58. The predicted octanol–water partition coefficient (Wildman–Crippen LogP) is 1.27. The molecule has 74 valence electrons. The van der Waals surface area contributed by atoms with Crippen molar-refractivity contribution in [1.82, 2.24) is 0 Å². The molecule has 1 saturated carbocycles. The number of aliphatic hydroxyl groups is 1. The summed E-state index contributed by atoms with van der Waals surface area (Å²) in [5.74, 6) is 0.133. The topological polar surface area (TPSA) is 46.5 Å². The van der Waals surface area contributed by atoms with E-state index in [9.17, 15) is 9.90 Å². The number of allylic oxidation sites excluding steroid dienone is 1. The van der Waals surface area contributed by atoms with Crippen LogP contribution >= 0.6 is 0 Å². The molecule has 13 heavy (non-hydrogen) atoms. The minimum atomic E-state index is -0.300. The maximum Gasteiger partial charge on any atom is 0.330 e. The predicted molar refractivity (Wildman–Crippen MR) is 49.1 cm³/mol. The molecule has 0 aromatic carbocycles. The summed E-state index contributed by atoms with van der Waals surface area (Å²) in [6.45, 7) is 0. The number of carbonyl (C=O) groups excluding carboxylic acids is 1. The van der Waals surface area contributed by atoms with E-state index in [0.29, 0.717) is 5.92 Å². The van der Waals surface area contributed by atoms with Gasteiger partial charge < -0.3 is 9.84 Å². The maximum absolute atomic E-state index is 10.8. The standard InChI is InChI=1S/C10H16O3/c1-13-10(12)7-4-8-2-5-9(11)6-3-8/h4,7-9,11H,2-3,5-6H2,1H3. The van der Waals surface area contributed by atoms with Gasteiger partial charge in [0, 0.05) is 6.08 Å². The molecule has 0 amide bonds. The van der Waals surface area contributed by atoms with Crippen LogP contribution in [0.25, 0.3) is 0 Å². The van der Waals surface area contributed by atoms with E-state index < -0.39 is 0 Å². The van der Waals surface area contributed by atoms with Crippen molar-refractivity contribution in [3.63, 3.8) is 0 Å². The zero-order chi connectivity index (χ0) is 9.68. The van der Waals surface area contributed by atoms with Gasteiger partial charge >= 0.3 is 5.97 Å². The fraction of sp³-hybridized carbons (Fsp3) is 0.700. The Balaban J connectivity index is 2.29. The average Bonchev–Trinajstić information content (AvgIpc) is 2.16. The monoisotopic (exact) mass is 184 g/mol. The number of ether oxygens (including phenoxy) is 1. The molecule has 1 aliphatic carbocycles. The van der Waals surface area contributed by atoms with Gasteiger partial charge in [-0.3, -0.25) is 0 Å². The van der Waals surface area contributed by atoms with Gasteiger partial charge in [0.15, 0.2) is 0 Å². The van der Waals surface area contributed by atoms with Crippen LogP contribution in [0.5, 0.6) is 0 Å². The van der Waals surface area contributed by atoms with E-state index in [1.165, 1.54) is 13.2 Å². The number of rotatable bonds is 2. The van der Waals surface area contributed by atoms with E-state index in [1.807, 2.05) is 6.08 Å². The van der Waals surface area contributed by atoms with Crippen molar-refractivity contribution in [2.75, 3.05) is 7.11 Å². The summed E-state index contributed by atoms with van der Waals surface area (Å²) in [6, 6.07) is 0. The molecule has 1 N–H and O–H groups in total. The van der Waals surface area contributed by atoms with Gasteiger partial charge in [-0.25, -0.2) is 4.79 Å². The second kappa shape index (κ2) is 5.02. The third-order valence-corrected chi connectivity index (χ3v) is 2.45. The molecular weight excluding hydrogens is 168 g/mol. The summed E-state index contributed by atoms with van der Waals surface area (Å²) >= 11 is 0. The molecule has 3 heteroatoms. The Labute approximate surface area is 78.4 Å². The minimum absolute atomic E-state index is 0.136. The molecule has 0 atom stereocenters. The number of esters is 1. The lowest BCUT2D eigenvalue weighted by Gasteiger charge is -2.22. The highest BCUT2D eigenvalue weighted by molar-refractivity contribution is 5.81. The first kappa shape index (κ1) is 10.3. The van der Waals surface area contributed by atoms with E-state index in [4.69, 9.17) is 0 Å². The van der Waals surface area contributed by atoms with Crippen molar-refractivity contribution < 1.29 is 14.6 Å². The van der Waals surface area contributed by atoms with Gasteiger partial charge in [0.2, 0.25) is 0 Å². The zero-order valence-corrected chi connectivity index (χ0v) is 7.90. The molecule has 0 unspecified atom stereocenters. The lowest BCUT2D eigenvalue weighted by atomic mass is 9.87. The van der Waals surface area contributed by atoms with Gasteiger partial charge in [0.05, 0.1) is 13.2 Å². The van der Waals surface area contributed by atoms with Crippen LogP contribution in [0.4, 0.5) is 0 Å². The molecule has 0 aromatic heterocycles. The zero-order valence-electron chi connectivity index (χ0n) is 7.90. The summed E-state index contributed by atoms with van der Waals surface area (Å²) in [5.41, 5.74) is 0. The van der Waals surface area contributed by atoms with Gasteiger partial charge in [-0.2, -0.15) is 0 Å². The third kappa shape index (κ3) is 3.59. The summed E-state index contributed by atoms with van der Waals surface area (Å²) in [5, 5.41) is 9.23. The van der Waals surface area contributed by atoms with Crippen molar-refractivity contribution in [2.45, 2.75) is 31.8 Å². The van der Waals surface area contributed by atoms with Gasteiger partial charge in [-0.05, 0) is 31.6 Å². The molecular formula is C10H16O3. The quantitative estimate of drug-likeness (QED) is 0.519. The highest BCUT2D eigenvalue weighted by atomic mass is 16.5. The molecule has 1 aliphatic rings. The van der Waals surface area contributed by atoms with Gasteiger partial charge in [-0.15, -0.1) is 0 Å². The Hall–Kier alpha value is -0.830. The average molecular weight is 184 g/mol. The second-order valence-electron chi connectivity index (χ2n) is 3.45. The molecule has 1 fully saturated rings. The van der Waals surface area contributed by atoms with Crippen LogP contribution in [0, 0.1) is 5.92 Å². The summed E-state index contributed by atoms with van der Waals surface area (Å²) in [6.07, 6.45) is 6.85. The van der Waals surface area contributed by atoms with Crippen molar-refractivity contribution >= 4 is 5.97 Å². The van der Waals surface area contributed by atoms with Crippen molar-refractivity contribution in [3.8, 4) is 0 Å². The van der Waals surface area contributed by atoms with Crippen LogP contribution < -0.4 is 0 Å². The smallest absolute Gasteiger partial charge is 0.330 e. The molecule has 0 radical (unpaired) electrons. The normalized spacial score (nSPS) is 29.1. The Morgan fingerprint density at radius 1 is 1.38 bits per heavy atom. The molecule has 0 heterocycles. The molecule has 0 aromatic rings. The van der Waals surface area contributed by atoms with Crippen LogP contribution in [0.15, 0.2) is 12.2 Å². The Kier molecular flexibility index (Phi) is 3.96. The summed E-state index contributed by atoms with van der Waals surface area (Å²) in [4.78, 5) is 10.8. The number of carbonyl (C=O) groups is 1. The van der Waals surface area contributed by atoms with Crippen molar-refractivity contribution in [1.29, 1.82) is 0 Å². The van der Waals surface area contributed by atoms with Crippen LogP contribution in [0.2, 0.25) is 0 Å². The number of aliphatic hydroxyl groups excluding tert-OH is 1. The largest absolute Gasteiger partial charge is 0.466 e. The highest BCUT2D eigenvalue weighted by Gasteiger charge is 2.17. The molecule has 1 rings (SSSR count). The van der Waals surface area contributed by atoms with Crippen LogP contribution in [-0.2, 0) is 9.53 Å². The number of methoxy groups -OCH3 is 1. The first-order valence-electron chi connectivity index (χ1n) is 4.66. The lowest BCUT2D eigenvalue weighted by Crippen LogP contribution is -2.16. The van der Waals surface area contributed by atoms with Crippen LogP contribution in [0.3, 0.4) is 0 Å². The maximum atomic E-state index is 10.8. The van der Waals surface area contributed by atoms with Crippen molar-refractivity contribution in [2.24, 2.45) is 5.92 Å². The fourth-order valence-corrected chi connectivity index (χ4v) is 1.58. The van der Waals surface area contributed by atoms with E-state index in [1.54, 1.807) is 0 Å². The van der Waals surface area contributed by atoms with Crippen LogP contribution in [0.1, 0.15) is 25.7 Å². The Morgan fingerprint density at radius 2 is 2.00 bits per heavy atom. The molecule has 0 spiro atoms. The van der Waals surface area contributed by atoms with E-state index in [-0.39, 0.29) is 12.1 Å². The first-order valence-corrected chi connectivity index (χ1v) is 4.66. The first-order chi connectivity index (χ1) is 6.22. The minimum Gasteiger partial charge on any atom is -0.466 e. The van der Waals surface area contributed by atoms with E-state index >= 15 is 0 Å². The van der Waals surface area contributed by atoms with Gasteiger partial charge in [-0.1, -0.05) is 6.08 Å². The van der Waals surface area contributed by atoms with E-state index in [2.05, 4.69) is 4.74 Å². The molecule has 0 aliphatic heterocycles. The second-order valence-corrected chi connectivity index (χ2v) is 3.45. The van der Waals surface area contributed by atoms with Gasteiger partial charge in [0.25, 0.3) is 0 Å². The molecule has 3 nitrogen and oxygen atoms in total. The Morgan fingerprint density at radius 3 is 2.54 bits per heavy atom. The summed E-state index contributed by atoms with van der Waals surface area (Å²) in [7, 11) is 1.37. The van der Waals surface area contributed by atoms with Crippen molar-refractivity contribution in [3.05, 3.63) is 12.2 Å². The van der Waals surface area contributed by atoms with Crippen LogP contribution in [-0.4, -0.2) is 24.3 Å². The summed E-state index contributed by atoms with van der Waals surface area (Å²) < 4.78 is 4.49. The third-order valence-electron chi connectivity index (χ3n) is 2.45. The molecule has 0 bridgehead atoms. The number of hydrogen-bond acceptors (Lipinski definition) is 3. The van der Waals surface area contributed by atoms with Gasteiger partial charge in [0.1, 0.15) is 0 Å². The molecule has 0 saturated heterocycles. The number of hydrogen-bond donors (Lipinski definition) is 1. The highest BCUT2D eigenvalue weighted by Crippen LogP contribution is 2.24. The van der Waals surface area contributed by atoms with E-state index in [0.717, 1.165) is 25.7 Å². The Bertz CT molecular complexity index is 190. The SMILES string of the molecule is COC(=O)C=CC1CCC(O)CC1.